The van der Waals surface area contributed by atoms with E-state index in [0.717, 1.165) is 0 Å². The highest BCUT2D eigenvalue weighted by atomic mass is 35.5. The number of hydrogen-bond donors (Lipinski definition) is 0. The largest absolute Gasteiger partial charge is 0.218 e. The zero-order valence-electron chi connectivity index (χ0n) is 6.41. The predicted molar refractivity (Wildman–Crippen MR) is 50.2 cm³/mol. The summed E-state index contributed by atoms with van der Waals surface area (Å²) in [7, 11) is 0. The predicted octanol–water partition coefficient (Wildman–Crippen LogP) is 2.37. The highest BCUT2D eigenvalue weighted by molar-refractivity contribution is 6.37. The first-order valence-corrected chi connectivity index (χ1v) is 4.26. The summed E-state index contributed by atoms with van der Waals surface area (Å²) in [5.41, 5.74) is 0.625. The molecule has 0 aliphatic heterocycles. The van der Waals surface area contributed by atoms with Crippen molar-refractivity contribution in [1.82, 2.24) is 15.0 Å². The molecule has 1 radical (unpaired) electrons. The van der Waals surface area contributed by atoms with E-state index in [4.69, 9.17) is 23.2 Å². The Bertz CT molecular complexity index is 391. The number of aromatic nitrogens is 3. The van der Waals surface area contributed by atoms with Crippen LogP contribution in [0.3, 0.4) is 0 Å². The van der Waals surface area contributed by atoms with E-state index in [1.807, 2.05) is 0 Å². The smallest absolute Gasteiger partial charge is 0.104 e. The SMILES string of the molecule is Clc1c[c]cc(Cl)c1-n1ccnn1. The molecule has 65 valence electrons. The van der Waals surface area contributed by atoms with Crippen molar-refractivity contribution in [2.24, 2.45) is 0 Å². The fourth-order valence-electron chi connectivity index (χ4n) is 0.985. The summed E-state index contributed by atoms with van der Waals surface area (Å²) in [5, 5.41) is 8.45. The van der Waals surface area contributed by atoms with Crippen LogP contribution in [-0.2, 0) is 0 Å². The van der Waals surface area contributed by atoms with Crippen LogP contribution in [0.1, 0.15) is 0 Å². The molecule has 1 aromatic carbocycles. The van der Waals surface area contributed by atoms with Crippen LogP contribution in [-0.4, -0.2) is 15.0 Å². The van der Waals surface area contributed by atoms with Crippen LogP contribution in [0, 0.1) is 6.07 Å². The minimum Gasteiger partial charge on any atom is -0.218 e. The van der Waals surface area contributed by atoms with E-state index in [0.29, 0.717) is 15.7 Å². The lowest BCUT2D eigenvalue weighted by Gasteiger charge is -2.04. The molecule has 1 aromatic heterocycles. The second kappa shape index (κ2) is 3.36. The van der Waals surface area contributed by atoms with Gasteiger partial charge >= 0.3 is 0 Å². The Labute approximate surface area is 84.9 Å². The quantitative estimate of drug-likeness (QED) is 0.727. The molecule has 13 heavy (non-hydrogen) atoms. The van der Waals surface area contributed by atoms with Gasteiger partial charge in [-0.25, -0.2) is 4.68 Å². The van der Waals surface area contributed by atoms with Gasteiger partial charge in [-0.15, -0.1) is 5.10 Å². The maximum absolute atomic E-state index is 5.92. The van der Waals surface area contributed by atoms with Crippen LogP contribution < -0.4 is 0 Å². The molecule has 0 saturated carbocycles. The molecule has 2 rings (SSSR count). The molecule has 0 amide bonds. The lowest BCUT2D eigenvalue weighted by molar-refractivity contribution is 0.803. The lowest BCUT2D eigenvalue weighted by atomic mass is 10.3. The van der Waals surface area contributed by atoms with Crippen LogP contribution in [0.15, 0.2) is 24.5 Å². The highest BCUT2D eigenvalue weighted by Gasteiger charge is 2.07. The van der Waals surface area contributed by atoms with Gasteiger partial charge in [-0.3, -0.25) is 0 Å². The number of rotatable bonds is 1. The lowest BCUT2D eigenvalue weighted by Crippen LogP contribution is -1.96. The maximum atomic E-state index is 5.92. The normalized spacial score (nSPS) is 10.3. The van der Waals surface area contributed by atoms with E-state index < -0.39 is 0 Å². The summed E-state index contributed by atoms with van der Waals surface area (Å²) >= 11 is 11.8. The van der Waals surface area contributed by atoms with Gasteiger partial charge in [-0.1, -0.05) is 28.4 Å². The monoisotopic (exact) mass is 212 g/mol. The fraction of sp³-hybridized carbons (Fsp3) is 0. The van der Waals surface area contributed by atoms with Crippen LogP contribution in [0.2, 0.25) is 10.0 Å². The van der Waals surface area contributed by atoms with Crippen LogP contribution >= 0.6 is 23.2 Å². The van der Waals surface area contributed by atoms with Crippen molar-refractivity contribution in [3.63, 3.8) is 0 Å². The van der Waals surface area contributed by atoms with Gasteiger partial charge in [0.05, 0.1) is 22.4 Å². The van der Waals surface area contributed by atoms with Gasteiger partial charge in [0, 0.05) is 0 Å². The minimum atomic E-state index is 0.498. The van der Waals surface area contributed by atoms with Crippen LogP contribution in [0.25, 0.3) is 5.69 Å². The van der Waals surface area contributed by atoms with E-state index in [1.165, 1.54) is 4.68 Å². The van der Waals surface area contributed by atoms with Crippen LogP contribution in [0.5, 0.6) is 0 Å². The first kappa shape index (κ1) is 8.53. The third kappa shape index (κ3) is 1.53. The molecule has 0 aliphatic carbocycles. The zero-order valence-corrected chi connectivity index (χ0v) is 7.92. The van der Waals surface area contributed by atoms with E-state index in [9.17, 15) is 0 Å². The Balaban J connectivity index is 2.64. The maximum Gasteiger partial charge on any atom is 0.104 e. The first-order chi connectivity index (χ1) is 6.29. The van der Waals surface area contributed by atoms with Gasteiger partial charge in [0.25, 0.3) is 0 Å². The molecule has 3 nitrogen and oxygen atoms in total. The second-order valence-corrected chi connectivity index (χ2v) is 3.16. The van der Waals surface area contributed by atoms with Crippen molar-refractivity contribution < 1.29 is 0 Å². The summed E-state index contributed by atoms with van der Waals surface area (Å²) in [6.45, 7) is 0. The molecule has 5 heteroatoms. The summed E-state index contributed by atoms with van der Waals surface area (Å²) in [6, 6.07) is 6.06. The molecule has 2 aromatic rings. The summed E-state index contributed by atoms with van der Waals surface area (Å²) in [4.78, 5) is 0. The van der Waals surface area contributed by atoms with Crippen molar-refractivity contribution in [3.05, 3.63) is 40.6 Å². The second-order valence-electron chi connectivity index (χ2n) is 2.35. The van der Waals surface area contributed by atoms with E-state index in [-0.39, 0.29) is 0 Å². The molecule has 0 N–H and O–H groups in total. The van der Waals surface area contributed by atoms with Gasteiger partial charge in [-0.2, -0.15) is 0 Å². The molecule has 0 bridgehead atoms. The number of hydrogen-bond acceptors (Lipinski definition) is 2. The van der Waals surface area contributed by atoms with E-state index >= 15 is 0 Å². The molecule has 0 unspecified atom stereocenters. The fourth-order valence-corrected chi connectivity index (χ4v) is 1.54. The molecule has 0 saturated heterocycles. The summed E-state index contributed by atoms with van der Waals surface area (Å²) < 4.78 is 1.51. The molecular formula is C8H4Cl2N3. The van der Waals surface area contributed by atoms with E-state index in [1.54, 1.807) is 24.5 Å². The molecule has 0 spiro atoms. The Kier molecular flexibility index (Phi) is 2.20. The minimum absolute atomic E-state index is 0.498. The number of benzene rings is 1. The molecule has 0 fully saturated rings. The highest BCUT2D eigenvalue weighted by Crippen LogP contribution is 2.26. The van der Waals surface area contributed by atoms with Crippen molar-refractivity contribution in [3.8, 4) is 5.69 Å². The van der Waals surface area contributed by atoms with Crippen molar-refractivity contribution in [1.29, 1.82) is 0 Å². The Morgan fingerprint density at radius 1 is 1.23 bits per heavy atom. The van der Waals surface area contributed by atoms with Crippen LogP contribution in [0.4, 0.5) is 0 Å². The van der Waals surface area contributed by atoms with Crippen molar-refractivity contribution >= 4 is 23.2 Å². The van der Waals surface area contributed by atoms with Gasteiger partial charge < -0.3 is 0 Å². The number of nitrogens with zero attached hydrogens (tertiary/aromatic N) is 3. The topological polar surface area (TPSA) is 30.7 Å². The van der Waals surface area contributed by atoms with Gasteiger partial charge in [0.2, 0.25) is 0 Å². The average Bonchev–Trinajstić information content (AvgIpc) is 2.57. The molecule has 0 aliphatic rings. The van der Waals surface area contributed by atoms with Gasteiger partial charge in [-0.05, 0) is 18.2 Å². The summed E-state index contributed by atoms with van der Waals surface area (Å²) in [6.07, 6.45) is 3.23. The van der Waals surface area contributed by atoms with E-state index in [2.05, 4.69) is 16.4 Å². The molecule has 1 heterocycles. The first-order valence-electron chi connectivity index (χ1n) is 3.51. The molecular weight excluding hydrogens is 209 g/mol. The summed E-state index contributed by atoms with van der Waals surface area (Å²) in [5.74, 6) is 0. The van der Waals surface area contributed by atoms with Crippen molar-refractivity contribution in [2.45, 2.75) is 0 Å². The molecule has 0 atom stereocenters. The van der Waals surface area contributed by atoms with Gasteiger partial charge in [0.1, 0.15) is 5.69 Å². The van der Waals surface area contributed by atoms with Gasteiger partial charge in [0.15, 0.2) is 0 Å². The third-order valence-electron chi connectivity index (χ3n) is 1.52. The third-order valence-corrected chi connectivity index (χ3v) is 2.10. The van der Waals surface area contributed by atoms with Crippen molar-refractivity contribution in [2.75, 3.05) is 0 Å². The Hall–Kier alpha value is -1.06. The number of halogens is 2. The standard InChI is InChI=1S/C8H4Cl2N3/c9-6-2-1-3-7(10)8(6)13-5-4-11-12-13/h2-5H. The Morgan fingerprint density at radius 3 is 2.46 bits per heavy atom. The zero-order chi connectivity index (χ0) is 9.26. The average molecular weight is 213 g/mol. The Morgan fingerprint density at radius 2 is 1.92 bits per heavy atom.